The summed E-state index contributed by atoms with van der Waals surface area (Å²) in [5.41, 5.74) is 3.28. The van der Waals surface area contributed by atoms with E-state index < -0.39 is 0 Å². The summed E-state index contributed by atoms with van der Waals surface area (Å²) < 4.78 is 1.83. The Morgan fingerprint density at radius 1 is 1.26 bits per heavy atom. The zero-order valence-corrected chi connectivity index (χ0v) is 14.5. The molecular formula is C16H11BrN4OS. The van der Waals surface area contributed by atoms with E-state index in [1.807, 2.05) is 31.2 Å². The molecule has 2 N–H and O–H groups in total. The van der Waals surface area contributed by atoms with Crippen LogP contribution in [0.2, 0.25) is 0 Å². The number of aryl methyl sites for hydroxylation is 1. The Hall–Kier alpha value is -2.25. The highest BCUT2D eigenvalue weighted by molar-refractivity contribution is 9.10. The van der Waals surface area contributed by atoms with Gasteiger partial charge in [0.05, 0.1) is 15.7 Å². The van der Waals surface area contributed by atoms with Crippen LogP contribution in [0.5, 0.6) is 0 Å². The summed E-state index contributed by atoms with van der Waals surface area (Å²) in [5.74, 6) is 0.681. The van der Waals surface area contributed by atoms with Gasteiger partial charge in [-0.2, -0.15) is 0 Å². The number of carbonyl (C=O) groups is 1. The number of amides is 1. The predicted octanol–water partition coefficient (Wildman–Crippen LogP) is 4.50. The molecule has 4 aromatic rings. The number of nitrogens with one attached hydrogen (secondary N) is 2. The summed E-state index contributed by atoms with van der Waals surface area (Å²) in [4.78, 5) is 24.5. The van der Waals surface area contributed by atoms with Gasteiger partial charge in [0.25, 0.3) is 5.91 Å². The topological polar surface area (TPSA) is 70.7 Å². The maximum absolute atomic E-state index is 12.3. The number of thiazole rings is 1. The van der Waals surface area contributed by atoms with Crippen LogP contribution in [0, 0.1) is 6.92 Å². The van der Waals surface area contributed by atoms with Gasteiger partial charge in [0, 0.05) is 10.0 Å². The van der Waals surface area contributed by atoms with Gasteiger partial charge in [0.1, 0.15) is 11.3 Å². The summed E-state index contributed by atoms with van der Waals surface area (Å²) in [5, 5.41) is 3.42. The molecule has 0 aliphatic rings. The Balaban J connectivity index is 1.72. The van der Waals surface area contributed by atoms with Gasteiger partial charge in [-0.1, -0.05) is 33.3 Å². The van der Waals surface area contributed by atoms with Crippen molar-refractivity contribution >= 4 is 59.6 Å². The van der Waals surface area contributed by atoms with Gasteiger partial charge in [-0.25, -0.2) is 9.97 Å². The van der Waals surface area contributed by atoms with E-state index in [-0.39, 0.29) is 5.91 Å². The van der Waals surface area contributed by atoms with Crippen molar-refractivity contribution in [2.24, 2.45) is 0 Å². The average molecular weight is 387 g/mol. The van der Waals surface area contributed by atoms with Gasteiger partial charge in [0.15, 0.2) is 5.13 Å². The molecule has 0 bridgehead atoms. The third kappa shape index (κ3) is 2.62. The number of benzene rings is 2. The quantitative estimate of drug-likeness (QED) is 0.532. The van der Waals surface area contributed by atoms with Crippen LogP contribution in [0.15, 0.2) is 40.9 Å². The molecule has 0 aliphatic heterocycles. The molecule has 0 radical (unpaired) electrons. The lowest BCUT2D eigenvalue weighted by atomic mass is 10.2. The van der Waals surface area contributed by atoms with E-state index >= 15 is 0 Å². The van der Waals surface area contributed by atoms with E-state index in [1.54, 1.807) is 12.1 Å². The highest BCUT2D eigenvalue weighted by atomic mass is 79.9. The summed E-state index contributed by atoms with van der Waals surface area (Å²) >= 11 is 4.80. The van der Waals surface area contributed by atoms with E-state index in [4.69, 9.17) is 0 Å². The molecule has 2 aromatic heterocycles. The lowest BCUT2D eigenvalue weighted by molar-refractivity contribution is 0.102. The first-order valence-corrected chi connectivity index (χ1v) is 8.54. The number of H-pyrrole nitrogens is 1. The van der Waals surface area contributed by atoms with Crippen molar-refractivity contribution in [3.63, 3.8) is 0 Å². The van der Waals surface area contributed by atoms with Crippen molar-refractivity contribution in [1.82, 2.24) is 15.0 Å². The number of aromatic nitrogens is 3. The Kier molecular flexibility index (Phi) is 3.39. The number of rotatable bonds is 2. The molecule has 0 saturated carbocycles. The van der Waals surface area contributed by atoms with Crippen LogP contribution in [0.3, 0.4) is 0 Å². The second-order valence-corrected chi connectivity index (χ2v) is 7.03. The van der Waals surface area contributed by atoms with Crippen molar-refractivity contribution in [3.8, 4) is 0 Å². The highest BCUT2D eigenvalue weighted by Gasteiger charge is 2.13. The van der Waals surface area contributed by atoms with E-state index in [9.17, 15) is 4.79 Å². The molecule has 0 unspecified atom stereocenters. The Bertz CT molecular complexity index is 1050. The number of carbonyl (C=O) groups excluding carboxylic acids is 1. The molecule has 0 atom stereocenters. The molecule has 114 valence electrons. The highest BCUT2D eigenvalue weighted by Crippen LogP contribution is 2.31. The molecule has 5 nitrogen and oxygen atoms in total. The Labute approximate surface area is 143 Å². The number of nitrogens with zero attached hydrogens (tertiary/aromatic N) is 2. The van der Waals surface area contributed by atoms with E-state index in [0.717, 1.165) is 31.5 Å². The predicted molar refractivity (Wildman–Crippen MR) is 96.1 cm³/mol. The maximum Gasteiger partial charge on any atom is 0.257 e. The second-order valence-electron chi connectivity index (χ2n) is 5.12. The molecule has 0 spiro atoms. The number of halogens is 1. The fourth-order valence-electron chi connectivity index (χ4n) is 2.43. The standard InChI is InChI=1S/C16H11BrN4OS/c1-8-18-11-5-6-12-14(13(11)19-8)23-16(20-12)21-15(22)9-3-2-4-10(17)7-9/h2-7H,1H3,(H,18,19)(H,20,21,22). The van der Waals surface area contributed by atoms with Crippen molar-refractivity contribution in [3.05, 3.63) is 52.3 Å². The van der Waals surface area contributed by atoms with Gasteiger partial charge in [-0.3, -0.25) is 10.1 Å². The van der Waals surface area contributed by atoms with Gasteiger partial charge < -0.3 is 4.98 Å². The van der Waals surface area contributed by atoms with Crippen LogP contribution in [0.25, 0.3) is 21.3 Å². The molecule has 0 saturated heterocycles. The first-order valence-electron chi connectivity index (χ1n) is 6.93. The van der Waals surface area contributed by atoms with Crippen LogP contribution >= 0.6 is 27.3 Å². The molecule has 4 rings (SSSR count). The van der Waals surface area contributed by atoms with Gasteiger partial charge in [-0.15, -0.1) is 0 Å². The molecule has 2 heterocycles. The van der Waals surface area contributed by atoms with Gasteiger partial charge in [-0.05, 0) is 37.3 Å². The normalized spacial score (nSPS) is 11.2. The molecule has 1 amide bonds. The number of anilines is 1. The lowest BCUT2D eigenvalue weighted by Crippen LogP contribution is -2.11. The third-order valence-electron chi connectivity index (χ3n) is 3.43. The van der Waals surface area contributed by atoms with E-state index in [1.165, 1.54) is 11.3 Å². The van der Waals surface area contributed by atoms with Gasteiger partial charge in [0.2, 0.25) is 0 Å². The smallest absolute Gasteiger partial charge is 0.257 e. The molecule has 0 aliphatic carbocycles. The second kappa shape index (κ2) is 5.43. The molecular weight excluding hydrogens is 376 g/mol. The maximum atomic E-state index is 12.3. The first-order chi connectivity index (χ1) is 11.1. The number of imidazole rings is 1. The van der Waals surface area contributed by atoms with Crippen LogP contribution in [-0.4, -0.2) is 20.9 Å². The van der Waals surface area contributed by atoms with Crippen LogP contribution in [-0.2, 0) is 0 Å². The summed E-state index contributed by atoms with van der Waals surface area (Å²) in [7, 11) is 0. The summed E-state index contributed by atoms with van der Waals surface area (Å²) in [6, 6.07) is 11.1. The summed E-state index contributed by atoms with van der Waals surface area (Å²) in [6.07, 6.45) is 0. The first kappa shape index (κ1) is 14.3. The fourth-order valence-corrected chi connectivity index (χ4v) is 3.78. The molecule has 23 heavy (non-hydrogen) atoms. The third-order valence-corrected chi connectivity index (χ3v) is 4.92. The van der Waals surface area contributed by atoms with Crippen LogP contribution in [0.4, 0.5) is 5.13 Å². The van der Waals surface area contributed by atoms with Gasteiger partial charge >= 0.3 is 0 Å². The zero-order valence-electron chi connectivity index (χ0n) is 12.1. The molecule has 7 heteroatoms. The van der Waals surface area contributed by atoms with E-state index in [2.05, 4.69) is 36.2 Å². The van der Waals surface area contributed by atoms with Crippen molar-refractivity contribution < 1.29 is 4.79 Å². The van der Waals surface area contributed by atoms with Crippen molar-refractivity contribution in [2.45, 2.75) is 6.92 Å². The number of hydrogen-bond donors (Lipinski definition) is 2. The molecule has 0 fully saturated rings. The summed E-state index contributed by atoms with van der Waals surface area (Å²) in [6.45, 7) is 1.92. The zero-order chi connectivity index (χ0) is 16.0. The minimum Gasteiger partial charge on any atom is -0.342 e. The average Bonchev–Trinajstić information content (AvgIpc) is 3.08. The SMILES string of the molecule is Cc1nc2c(ccc3nc(NC(=O)c4cccc(Br)c4)sc32)[nH]1. The number of aromatic amines is 1. The Morgan fingerprint density at radius 2 is 2.13 bits per heavy atom. The van der Waals surface area contributed by atoms with E-state index in [0.29, 0.717) is 10.7 Å². The monoisotopic (exact) mass is 386 g/mol. The minimum absolute atomic E-state index is 0.181. The lowest BCUT2D eigenvalue weighted by Gasteiger charge is -2.01. The number of fused-ring (bicyclic) bond motifs is 3. The minimum atomic E-state index is -0.181. The van der Waals surface area contributed by atoms with Crippen LogP contribution in [0.1, 0.15) is 16.2 Å². The van der Waals surface area contributed by atoms with Crippen LogP contribution < -0.4 is 5.32 Å². The molecule has 2 aromatic carbocycles. The fraction of sp³-hybridized carbons (Fsp3) is 0.0625. The van der Waals surface area contributed by atoms with Crippen molar-refractivity contribution in [1.29, 1.82) is 0 Å². The van der Waals surface area contributed by atoms with Crippen molar-refractivity contribution in [2.75, 3.05) is 5.32 Å². The number of hydrogen-bond acceptors (Lipinski definition) is 4. The Morgan fingerprint density at radius 3 is 2.96 bits per heavy atom. The largest absolute Gasteiger partial charge is 0.342 e.